The molecule has 2 aromatic heterocycles. The molecule has 4 aromatic rings. The maximum atomic E-state index is 12.4. The van der Waals surface area contributed by atoms with E-state index in [1.807, 2.05) is 24.3 Å². The van der Waals surface area contributed by atoms with Gasteiger partial charge in [0, 0.05) is 11.0 Å². The van der Waals surface area contributed by atoms with E-state index in [0.717, 1.165) is 24.1 Å². The fraction of sp³-hybridized carbons (Fsp3) is 0.514. The van der Waals surface area contributed by atoms with Gasteiger partial charge in [0.2, 0.25) is 0 Å². The molecule has 43 heavy (non-hydrogen) atoms. The number of nitrogens with zero attached hydrogens (tertiary/aromatic N) is 3. The van der Waals surface area contributed by atoms with Gasteiger partial charge in [-0.1, -0.05) is 110 Å². The highest BCUT2D eigenvalue weighted by atomic mass is 35.5. The maximum absolute atomic E-state index is 12.4. The van der Waals surface area contributed by atoms with E-state index in [1.165, 1.54) is 64.2 Å². The number of hydrogen-bond acceptors (Lipinski definition) is 5. The van der Waals surface area contributed by atoms with Gasteiger partial charge < -0.3 is 14.5 Å². The maximum Gasteiger partial charge on any atom is 0.338 e. The molecule has 0 unspecified atom stereocenters. The van der Waals surface area contributed by atoms with E-state index in [2.05, 4.69) is 42.9 Å². The van der Waals surface area contributed by atoms with Crippen molar-refractivity contribution >= 4 is 23.2 Å². The van der Waals surface area contributed by atoms with Crippen molar-refractivity contribution in [2.24, 2.45) is 0 Å². The van der Waals surface area contributed by atoms with Crippen LogP contribution in [0, 0.1) is 0 Å². The van der Waals surface area contributed by atoms with Crippen LogP contribution in [0.2, 0.25) is 5.02 Å². The molecule has 8 heteroatoms. The van der Waals surface area contributed by atoms with Gasteiger partial charge in [-0.25, -0.2) is 4.79 Å². The number of ether oxygens (including phenoxy) is 2. The standard InChI is InChI=1S/C35H47ClN4O3/c1-5-6-7-8-9-10-11-12-13-14-15-16-25-42-34(41)27-19-23-29(24-20-27)43-28-21-17-26(18-22-28)32-37-33-30(36)31(35(2,3)4)38-40(33)39-32/h17-24H,5-16,25H2,1-4H3,(H,37,39). The molecule has 7 nitrogen and oxygen atoms in total. The number of esters is 1. The molecule has 1 N–H and O–H groups in total. The first-order valence-electron chi connectivity index (χ1n) is 16.0. The van der Waals surface area contributed by atoms with Crippen molar-refractivity contribution in [2.45, 2.75) is 110 Å². The Morgan fingerprint density at radius 2 is 1.33 bits per heavy atom. The van der Waals surface area contributed by atoms with Crippen LogP contribution in [0.15, 0.2) is 48.5 Å². The van der Waals surface area contributed by atoms with Crippen LogP contribution >= 0.6 is 11.6 Å². The zero-order valence-electron chi connectivity index (χ0n) is 26.3. The zero-order chi connectivity index (χ0) is 30.7. The first-order chi connectivity index (χ1) is 20.8. The van der Waals surface area contributed by atoms with Gasteiger partial charge in [-0.2, -0.15) is 5.10 Å². The quantitative estimate of drug-likeness (QED) is 0.0955. The number of unbranched alkanes of at least 4 members (excludes halogenated alkanes) is 11. The zero-order valence-corrected chi connectivity index (χ0v) is 27.0. The molecule has 0 spiro atoms. The fourth-order valence-corrected chi connectivity index (χ4v) is 5.52. The Bertz CT molecular complexity index is 1420. The van der Waals surface area contributed by atoms with Crippen molar-refractivity contribution in [3.8, 4) is 22.9 Å². The number of nitrogens with one attached hydrogen (secondary N) is 1. The molecular weight excluding hydrogens is 560 g/mol. The van der Waals surface area contributed by atoms with Gasteiger partial charge in [0.1, 0.15) is 16.5 Å². The molecule has 4 rings (SSSR count). The van der Waals surface area contributed by atoms with Crippen molar-refractivity contribution in [1.82, 2.24) is 19.8 Å². The second kappa shape index (κ2) is 15.9. The number of aromatic amines is 1. The summed E-state index contributed by atoms with van der Waals surface area (Å²) >= 11 is 6.56. The minimum Gasteiger partial charge on any atom is -0.462 e. The molecule has 0 aliphatic heterocycles. The Morgan fingerprint density at radius 1 is 0.791 bits per heavy atom. The lowest BCUT2D eigenvalue weighted by molar-refractivity contribution is 0.0497. The number of rotatable bonds is 17. The number of carbonyl (C=O) groups is 1. The molecule has 0 atom stereocenters. The van der Waals surface area contributed by atoms with Crippen molar-refractivity contribution in [2.75, 3.05) is 6.61 Å². The van der Waals surface area contributed by atoms with Crippen LogP contribution in [-0.4, -0.2) is 32.4 Å². The highest BCUT2D eigenvalue weighted by Gasteiger charge is 2.25. The molecule has 0 aliphatic carbocycles. The smallest absolute Gasteiger partial charge is 0.338 e. The molecule has 0 aliphatic rings. The Morgan fingerprint density at radius 3 is 1.86 bits per heavy atom. The predicted octanol–water partition coefficient (Wildman–Crippen LogP) is 10.3. The Labute approximate surface area is 261 Å². The second-order valence-electron chi connectivity index (χ2n) is 12.4. The van der Waals surface area contributed by atoms with Crippen LogP contribution < -0.4 is 4.74 Å². The number of benzene rings is 2. The molecule has 2 heterocycles. The summed E-state index contributed by atoms with van der Waals surface area (Å²) in [7, 11) is 0. The lowest BCUT2D eigenvalue weighted by Gasteiger charge is -2.14. The normalized spacial score (nSPS) is 11.7. The van der Waals surface area contributed by atoms with Crippen LogP contribution in [-0.2, 0) is 10.2 Å². The average molecular weight is 607 g/mol. The second-order valence-corrected chi connectivity index (χ2v) is 12.8. The van der Waals surface area contributed by atoms with Crippen molar-refractivity contribution in [3.05, 3.63) is 64.8 Å². The summed E-state index contributed by atoms with van der Waals surface area (Å²) in [5.74, 6) is 1.69. The number of fused-ring (bicyclic) bond motifs is 1. The Kier molecular flexibility index (Phi) is 12.1. The first-order valence-corrected chi connectivity index (χ1v) is 16.3. The molecular formula is C35H47ClN4O3. The summed E-state index contributed by atoms with van der Waals surface area (Å²) in [5.41, 5.74) is 2.72. The summed E-state index contributed by atoms with van der Waals surface area (Å²) < 4.78 is 13.0. The number of aromatic nitrogens is 4. The molecule has 0 bridgehead atoms. The van der Waals surface area contributed by atoms with Gasteiger partial charge in [-0.3, -0.25) is 0 Å². The summed E-state index contributed by atoms with van der Waals surface area (Å²) in [4.78, 5) is 15.7. The number of hydrogen-bond donors (Lipinski definition) is 1. The molecule has 0 fully saturated rings. The third-order valence-corrected chi connectivity index (χ3v) is 8.00. The van der Waals surface area contributed by atoms with Gasteiger partial charge in [0.15, 0.2) is 11.5 Å². The van der Waals surface area contributed by atoms with Crippen LogP contribution in [0.25, 0.3) is 17.0 Å². The monoisotopic (exact) mass is 606 g/mol. The van der Waals surface area contributed by atoms with Crippen LogP contribution in [0.4, 0.5) is 0 Å². The van der Waals surface area contributed by atoms with Crippen molar-refractivity contribution in [1.29, 1.82) is 0 Å². The van der Waals surface area contributed by atoms with Crippen LogP contribution in [0.3, 0.4) is 0 Å². The predicted molar refractivity (Wildman–Crippen MR) is 174 cm³/mol. The molecule has 2 aromatic carbocycles. The SMILES string of the molecule is CCCCCCCCCCCCCCOC(=O)c1ccc(Oc2ccc(-c3nn4nc(C(C)(C)C)c(Cl)c4[nH]3)cc2)cc1. The Balaban J connectivity index is 1.15. The minimum atomic E-state index is -0.293. The summed E-state index contributed by atoms with van der Waals surface area (Å²) in [6.07, 6.45) is 15.4. The Hall–Kier alpha value is -3.32. The van der Waals surface area contributed by atoms with Gasteiger partial charge in [0.25, 0.3) is 0 Å². The first kappa shape index (κ1) is 32.6. The summed E-state index contributed by atoms with van der Waals surface area (Å²) in [5, 5.41) is 9.70. The third-order valence-electron chi connectivity index (χ3n) is 7.64. The summed E-state index contributed by atoms with van der Waals surface area (Å²) in [6.45, 7) is 8.94. The van der Waals surface area contributed by atoms with Crippen molar-refractivity contribution in [3.63, 3.8) is 0 Å². The number of H-pyrrole nitrogens is 1. The van der Waals surface area contributed by atoms with Gasteiger partial charge in [-0.05, 0) is 55.0 Å². The lowest BCUT2D eigenvalue weighted by Crippen LogP contribution is -2.12. The van der Waals surface area contributed by atoms with E-state index < -0.39 is 0 Å². The van der Waals surface area contributed by atoms with E-state index in [9.17, 15) is 4.79 Å². The average Bonchev–Trinajstić information content (AvgIpc) is 3.55. The number of halogens is 1. The fourth-order valence-electron chi connectivity index (χ4n) is 5.07. The van der Waals surface area contributed by atoms with E-state index >= 15 is 0 Å². The lowest BCUT2D eigenvalue weighted by atomic mass is 9.92. The summed E-state index contributed by atoms with van der Waals surface area (Å²) in [6, 6.07) is 14.6. The molecule has 0 saturated carbocycles. The number of carbonyl (C=O) groups excluding carboxylic acids is 1. The van der Waals surface area contributed by atoms with Gasteiger partial charge in [-0.15, -0.1) is 9.73 Å². The topological polar surface area (TPSA) is 81.5 Å². The van der Waals surface area contributed by atoms with Crippen molar-refractivity contribution < 1.29 is 14.3 Å². The highest BCUT2D eigenvalue weighted by Crippen LogP contribution is 2.32. The molecule has 0 radical (unpaired) electrons. The van der Waals surface area contributed by atoms with Crippen LogP contribution in [0.5, 0.6) is 11.5 Å². The van der Waals surface area contributed by atoms with E-state index in [1.54, 1.807) is 28.9 Å². The molecule has 0 amide bonds. The molecule has 0 saturated heterocycles. The third kappa shape index (κ3) is 9.59. The van der Waals surface area contributed by atoms with Crippen LogP contribution in [0.1, 0.15) is 121 Å². The van der Waals surface area contributed by atoms with Gasteiger partial charge >= 0.3 is 5.97 Å². The van der Waals surface area contributed by atoms with E-state index in [0.29, 0.717) is 40.2 Å². The van der Waals surface area contributed by atoms with E-state index in [4.69, 9.17) is 21.1 Å². The largest absolute Gasteiger partial charge is 0.462 e. The van der Waals surface area contributed by atoms with Gasteiger partial charge in [0.05, 0.1) is 17.9 Å². The van der Waals surface area contributed by atoms with E-state index in [-0.39, 0.29) is 11.4 Å². The minimum absolute atomic E-state index is 0.171. The molecule has 232 valence electrons. The highest BCUT2D eigenvalue weighted by molar-refractivity contribution is 6.34.